The van der Waals surface area contributed by atoms with Gasteiger partial charge >= 0.3 is 0 Å². The highest BCUT2D eigenvalue weighted by atomic mass is 16.5. The molecule has 0 aromatic rings. The predicted octanol–water partition coefficient (Wildman–Crippen LogP) is 2.54. The SMILES string of the molecule is CC1=CCC[C@@]2(C)O/C1=C\[C@@H](O)C(C)(C)C[C@@H]2O. The van der Waals surface area contributed by atoms with Crippen molar-refractivity contribution < 1.29 is 14.9 Å². The quantitative estimate of drug-likeness (QED) is 0.696. The van der Waals surface area contributed by atoms with E-state index in [0.717, 1.165) is 18.4 Å². The Hall–Kier alpha value is -0.800. The highest BCUT2D eigenvalue weighted by molar-refractivity contribution is 5.28. The molecule has 3 heteroatoms. The van der Waals surface area contributed by atoms with Gasteiger partial charge in [0.2, 0.25) is 0 Å². The Morgan fingerprint density at radius 3 is 2.61 bits per heavy atom. The van der Waals surface area contributed by atoms with Gasteiger partial charge in [-0.05, 0) is 50.2 Å². The van der Waals surface area contributed by atoms with Crippen LogP contribution < -0.4 is 0 Å². The van der Waals surface area contributed by atoms with Crippen molar-refractivity contribution in [2.45, 2.75) is 64.8 Å². The molecule has 2 N–H and O–H groups in total. The highest BCUT2D eigenvalue weighted by Gasteiger charge is 2.43. The number of fused-ring (bicyclic) bond motifs is 2. The van der Waals surface area contributed by atoms with E-state index in [4.69, 9.17) is 4.74 Å². The van der Waals surface area contributed by atoms with Crippen LogP contribution in [0.2, 0.25) is 0 Å². The monoisotopic (exact) mass is 252 g/mol. The number of ether oxygens (including phenoxy) is 1. The summed E-state index contributed by atoms with van der Waals surface area (Å²) in [7, 11) is 0. The van der Waals surface area contributed by atoms with Crippen LogP contribution >= 0.6 is 0 Å². The van der Waals surface area contributed by atoms with Gasteiger partial charge in [-0.3, -0.25) is 0 Å². The molecule has 0 aromatic carbocycles. The lowest BCUT2D eigenvalue weighted by atomic mass is 9.75. The molecular formula is C15H24O3. The first-order valence-electron chi connectivity index (χ1n) is 6.69. The van der Waals surface area contributed by atoms with Crippen molar-refractivity contribution in [2.75, 3.05) is 0 Å². The Labute approximate surface area is 109 Å². The Morgan fingerprint density at radius 1 is 1.28 bits per heavy atom. The fourth-order valence-corrected chi connectivity index (χ4v) is 2.66. The first-order chi connectivity index (χ1) is 8.24. The van der Waals surface area contributed by atoms with E-state index in [9.17, 15) is 10.2 Å². The molecule has 0 aromatic heterocycles. The van der Waals surface area contributed by atoms with E-state index >= 15 is 0 Å². The van der Waals surface area contributed by atoms with Crippen molar-refractivity contribution in [1.29, 1.82) is 0 Å². The van der Waals surface area contributed by atoms with E-state index in [1.165, 1.54) is 0 Å². The van der Waals surface area contributed by atoms with Gasteiger partial charge in [-0.1, -0.05) is 19.9 Å². The summed E-state index contributed by atoms with van der Waals surface area (Å²) in [6.07, 6.45) is 4.98. The number of hydrogen-bond donors (Lipinski definition) is 2. The number of aliphatic hydroxyl groups excluding tert-OH is 2. The lowest BCUT2D eigenvalue weighted by Gasteiger charge is -2.42. The largest absolute Gasteiger partial charge is 0.485 e. The van der Waals surface area contributed by atoms with Gasteiger partial charge < -0.3 is 14.9 Å². The van der Waals surface area contributed by atoms with Crippen LogP contribution in [-0.2, 0) is 4.74 Å². The van der Waals surface area contributed by atoms with Gasteiger partial charge in [0.25, 0.3) is 0 Å². The van der Waals surface area contributed by atoms with Crippen molar-refractivity contribution in [3.63, 3.8) is 0 Å². The minimum atomic E-state index is -0.604. The summed E-state index contributed by atoms with van der Waals surface area (Å²) in [5, 5.41) is 20.7. The van der Waals surface area contributed by atoms with E-state index in [0.29, 0.717) is 12.2 Å². The van der Waals surface area contributed by atoms with Crippen molar-refractivity contribution in [3.8, 4) is 0 Å². The lowest BCUT2D eigenvalue weighted by molar-refractivity contribution is -0.113. The van der Waals surface area contributed by atoms with E-state index in [1.54, 1.807) is 6.08 Å². The van der Waals surface area contributed by atoms with Gasteiger partial charge in [0.1, 0.15) is 11.4 Å². The van der Waals surface area contributed by atoms with Gasteiger partial charge in [-0.15, -0.1) is 0 Å². The van der Waals surface area contributed by atoms with E-state index in [-0.39, 0.29) is 5.41 Å². The van der Waals surface area contributed by atoms with Crippen molar-refractivity contribution in [2.24, 2.45) is 5.41 Å². The average molecular weight is 252 g/mol. The number of allylic oxidation sites excluding steroid dienone is 2. The second kappa shape index (κ2) is 4.39. The fourth-order valence-electron chi connectivity index (χ4n) is 2.66. The van der Waals surface area contributed by atoms with Crippen LogP contribution in [0.4, 0.5) is 0 Å². The molecule has 2 heterocycles. The summed E-state index contributed by atoms with van der Waals surface area (Å²) in [4.78, 5) is 0. The fraction of sp³-hybridized carbons (Fsp3) is 0.733. The third-order valence-corrected chi connectivity index (χ3v) is 4.36. The summed E-state index contributed by atoms with van der Waals surface area (Å²) in [5.41, 5.74) is 0.139. The molecule has 2 aliphatic heterocycles. The molecule has 0 fully saturated rings. The van der Waals surface area contributed by atoms with Crippen LogP contribution in [0.25, 0.3) is 0 Å². The summed E-state index contributed by atoms with van der Waals surface area (Å²) < 4.78 is 6.01. The van der Waals surface area contributed by atoms with Gasteiger partial charge in [0, 0.05) is 0 Å². The minimum absolute atomic E-state index is 0.347. The Balaban J connectivity index is 2.47. The smallest absolute Gasteiger partial charge is 0.132 e. The zero-order valence-corrected chi connectivity index (χ0v) is 11.7. The lowest BCUT2D eigenvalue weighted by Crippen LogP contribution is -2.47. The van der Waals surface area contributed by atoms with Crippen LogP contribution in [0.3, 0.4) is 0 Å². The van der Waals surface area contributed by atoms with E-state index < -0.39 is 17.8 Å². The molecule has 0 saturated carbocycles. The van der Waals surface area contributed by atoms with Crippen LogP contribution in [0.15, 0.2) is 23.5 Å². The molecule has 0 saturated heterocycles. The van der Waals surface area contributed by atoms with Crippen molar-refractivity contribution in [1.82, 2.24) is 0 Å². The third-order valence-electron chi connectivity index (χ3n) is 4.36. The maximum atomic E-state index is 10.5. The Kier molecular flexibility index (Phi) is 3.32. The normalized spacial score (nSPS) is 42.6. The Bertz CT molecular complexity index is 395. The van der Waals surface area contributed by atoms with Gasteiger partial charge in [-0.25, -0.2) is 0 Å². The topological polar surface area (TPSA) is 49.7 Å². The third kappa shape index (κ3) is 2.34. The molecule has 2 rings (SSSR count). The van der Waals surface area contributed by atoms with Crippen molar-refractivity contribution >= 4 is 0 Å². The summed E-state index contributed by atoms with van der Waals surface area (Å²) in [5.74, 6) is 0.717. The highest BCUT2D eigenvalue weighted by Crippen LogP contribution is 2.41. The number of rotatable bonds is 0. The predicted molar refractivity (Wildman–Crippen MR) is 71.0 cm³/mol. The molecule has 102 valence electrons. The molecule has 3 nitrogen and oxygen atoms in total. The van der Waals surface area contributed by atoms with Gasteiger partial charge in [0.05, 0.1) is 12.2 Å². The maximum Gasteiger partial charge on any atom is 0.132 e. The molecule has 0 aliphatic carbocycles. The standard InChI is InChI=1S/C15H24O3/c1-10-6-5-7-15(4)13(17)9-14(2,3)12(16)8-11(10)18-15/h6,8,12-13,16-17H,5,7,9H2,1-4H3/b11-8-/t12-,13+,15-/m1/s1. The van der Waals surface area contributed by atoms with E-state index in [1.807, 2.05) is 27.7 Å². The molecule has 0 radical (unpaired) electrons. The maximum absolute atomic E-state index is 10.5. The zero-order valence-electron chi connectivity index (χ0n) is 11.7. The molecule has 0 unspecified atom stereocenters. The average Bonchev–Trinajstić information content (AvgIpc) is 2.39. The van der Waals surface area contributed by atoms with Gasteiger partial charge in [0.15, 0.2) is 0 Å². The Morgan fingerprint density at radius 2 is 1.94 bits per heavy atom. The molecule has 2 bridgehead atoms. The summed E-state index contributed by atoms with van der Waals surface area (Å²) in [6, 6.07) is 0. The van der Waals surface area contributed by atoms with Gasteiger partial charge in [-0.2, -0.15) is 0 Å². The van der Waals surface area contributed by atoms with Crippen LogP contribution in [-0.4, -0.2) is 28.0 Å². The second-order valence-corrected chi connectivity index (χ2v) is 6.52. The second-order valence-electron chi connectivity index (χ2n) is 6.52. The number of aliphatic hydroxyl groups is 2. The van der Waals surface area contributed by atoms with Crippen molar-refractivity contribution in [3.05, 3.63) is 23.5 Å². The molecule has 0 spiro atoms. The first-order valence-corrected chi connectivity index (χ1v) is 6.69. The molecule has 0 amide bonds. The van der Waals surface area contributed by atoms with E-state index in [2.05, 4.69) is 6.08 Å². The minimum Gasteiger partial charge on any atom is -0.485 e. The summed E-state index contributed by atoms with van der Waals surface area (Å²) >= 11 is 0. The number of hydrogen-bond acceptors (Lipinski definition) is 3. The molecule has 3 atom stereocenters. The van der Waals surface area contributed by atoms with Crippen LogP contribution in [0.5, 0.6) is 0 Å². The molecular weight excluding hydrogens is 228 g/mol. The van der Waals surface area contributed by atoms with Crippen LogP contribution in [0.1, 0.15) is 47.0 Å². The summed E-state index contributed by atoms with van der Waals surface area (Å²) in [6.45, 7) is 7.92. The zero-order chi connectivity index (χ0) is 13.6. The molecule has 2 aliphatic rings. The first kappa shape index (κ1) is 13.6. The molecule has 18 heavy (non-hydrogen) atoms. The van der Waals surface area contributed by atoms with Crippen LogP contribution in [0, 0.1) is 5.41 Å².